The van der Waals surface area contributed by atoms with E-state index < -0.39 is 0 Å². The average molecular weight is 340 g/mol. The SMILES string of the molecule is O=C1C(Nc2ccccc2)CCN1c1ccc(C2CNNC2)c(F)c1. The molecule has 1 unspecified atom stereocenters. The monoisotopic (exact) mass is 340 g/mol. The minimum atomic E-state index is -0.270. The van der Waals surface area contributed by atoms with Crippen molar-refractivity contribution in [2.75, 3.05) is 29.9 Å². The summed E-state index contributed by atoms with van der Waals surface area (Å²) in [5, 5.41) is 3.26. The number of para-hydroxylation sites is 1. The molecule has 3 N–H and O–H groups in total. The topological polar surface area (TPSA) is 56.4 Å². The number of carbonyl (C=O) groups excluding carboxylic acids is 1. The number of benzene rings is 2. The minimum absolute atomic E-state index is 0.0137. The Kier molecular flexibility index (Phi) is 4.38. The quantitative estimate of drug-likeness (QED) is 0.799. The molecule has 2 saturated heterocycles. The summed E-state index contributed by atoms with van der Waals surface area (Å²) in [7, 11) is 0. The number of rotatable bonds is 4. The third kappa shape index (κ3) is 3.23. The maximum Gasteiger partial charge on any atom is 0.249 e. The van der Waals surface area contributed by atoms with Crippen LogP contribution in [0, 0.1) is 5.82 Å². The number of amides is 1. The minimum Gasteiger partial charge on any atom is -0.374 e. The van der Waals surface area contributed by atoms with Crippen LogP contribution in [-0.4, -0.2) is 31.6 Å². The summed E-state index contributed by atoms with van der Waals surface area (Å²) in [5.41, 5.74) is 8.26. The van der Waals surface area contributed by atoms with Gasteiger partial charge in [0.2, 0.25) is 5.91 Å². The van der Waals surface area contributed by atoms with Gasteiger partial charge in [0, 0.05) is 36.9 Å². The number of hydrazine groups is 1. The first-order valence-electron chi connectivity index (χ1n) is 8.60. The van der Waals surface area contributed by atoms with Crippen LogP contribution in [0.2, 0.25) is 0 Å². The number of nitrogens with one attached hydrogen (secondary N) is 3. The van der Waals surface area contributed by atoms with Crippen LogP contribution in [-0.2, 0) is 4.79 Å². The van der Waals surface area contributed by atoms with Crippen LogP contribution < -0.4 is 21.1 Å². The molecule has 6 heteroatoms. The van der Waals surface area contributed by atoms with E-state index in [1.807, 2.05) is 36.4 Å². The highest BCUT2D eigenvalue weighted by molar-refractivity contribution is 6.01. The number of anilines is 2. The summed E-state index contributed by atoms with van der Waals surface area (Å²) < 4.78 is 14.5. The second kappa shape index (κ2) is 6.82. The summed E-state index contributed by atoms with van der Waals surface area (Å²) >= 11 is 0. The van der Waals surface area contributed by atoms with Crippen molar-refractivity contribution in [3.63, 3.8) is 0 Å². The Balaban J connectivity index is 1.48. The first-order valence-corrected chi connectivity index (χ1v) is 8.60. The zero-order valence-electron chi connectivity index (χ0n) is 13.8. The maximum absolute atomic E-state index is 14.5. The molecular weight excluding hydrogens is 319 g/mol. The highest BCUT2D eigenvalue weighted by Crippen LogP contribution is 2.28. The number of hydrogen-bond acceptors (Lipinski definition) is 4. The number of halogens is 1. The zero-order chi connectivity index (χ0) is 17.2. The van der Waals surface area contributed by atoms with Crippen LogP contribution in [0.3, 0.4) is 0 Å². The highest BCUT2D eigenvalue weighted by atomic mass is 19.1. The Morgan fingerprint density at radius 3 is 2.56 bits per heavy atom. The predicted octanol–water partition coefficient (Wildman–Crippen LogP) is 2.23. The van der Waals surface area contributed by atoms with Gasteiger partial charge in [0.05, 0.1) is 0 Å². The van der Waals surface area contributed by atoms with Crippen molar-refractivity contribution >= 4 is 17.3 Å². The van der Waals surface area contributed by atoms with E-state index in [-0.39, 0.29) is 23.7 Å². The number of nitrogens with zero attached hydrogens (tertiary/aromatic N) is 1. The molecule has 1 amide bonds. The summed E-state index contributed by atoms with van der Waals surface area (Å²) in [4.78, 5) is 14.3. The molecule has 25 heavy (non-hydrogen) atoms. The lowest BCUT2D eigenvalue weighted by molar-refractivity contribution is -0.117. The summed E-state index contributed by atoms with van der Waals surface area (Å²) in [6, 6.07) is 14.5. The molecule has 4 rings (SSSR count). The molecule has 2 aromatic carbocycles. The lowest BCUT2D eigenvalue weighted by Gasteiger charge is -2.19. The van der Waals surface area contributed by atoms with Crippen molar-refractivity contribution in [1.82, 2.24) is 10.9 Å². The number of hydrogen-bond donors (Lipinski definition) is 3. The van der Waals surface area contributed by atoms with Crippen LogP contribution in [0.25, 0.3) is 0 Å². The van der Waals surface area contributed by atoms with E-state index in [0.29, 0.717) is 37.3 Å². The van der Waals surface area contributed by atoms with Gasteiger partial charge in [-0.3, -0.25) is 15.6 Å². The summed E-state index contributed by atoms with van der Waals surface area (Å²) in [6.45, 7) is 2.01. The van der Waals surface area contributed by atoms with Crippen molar-refractivity contribution in [1.29, 1.82) is 0 Å². The van der Waals surface area contributed by atoms with Gasteiger partial charge in [0.1, 0.15) is 11.9 Å². The molecule has 0 spiro atoms. The fourth-order valence-corrected chi connectivity index (χ4v) is 3.50. The van der Waals surface area contributed by atoms with Crippen molar-refractivity contribution in [3.05, 3.63) is 59.9 Å². The van der Waals surface area contributed by atoms with Crippen molar-refractivity contribution < 1.29 is 9.18 Å². The molecule has 0 saturated carbocycles. The molecule has 5 nitrogen and oxygen atoms in total. The van der Waals surface area contributed by atoms with Crippen molar-refractivity contribution in [2.24, 2.45) is 0 Å². The normalized spacial score (nSPS) is 21.1. The Morgan fingerprint density at radius 1 is 1.08 bits per heavy atom. The molecule has 2 aromatic rings. The van der Waals surface area contributed by atoms with Gasteiger partial charge in [0.25, 0.3) is 0 Å². The van der Waals surface area contributed by atoms with E-state index in [1.54, 1.807) is 11.0 Å². The van der Waals surface area contributed by atoms with Crippen LogP contribution in [0.15, 0.2) is 48.5 Å². The Hall–Kier alpha value is -2.44. The fraction of sp³-hybridized carbons (Fsp3) is 0.316. The first kappa shape index (κ1) is 16.1. The molecule has 0 radical (unpaired) electrons. The highest BCUT2D eigenvalue weighted by Gasteiger charge is 2.33. The van der Waals surface area contributed by atoms with E-state index in [2.05, 4.69) is 16.2 Å². The van der Waals surface area contributed by atoms with Gasteiger partial charge < -0.3 is 10.2 Å². The Morgan fingerprint density at radius 2 is 1.84 bits per heavy atom. The lowest BCUT2D eigenvalue weighted by atomic mass is 9.99. The van der Waals surface area contributed by atoms with E-state index in [0.717, 1.165) is 5.69 Å². The van der Waals surface area contributed by atoms with E-state index in [9.17, 15) is 9.18 Å². The van der Waals surface area contributed by atoms with Crippen molar-refractivity contribution in [2.45, 2.75) is 18.4 Å². The summed E-state index contributed by atoms with van der Waals surface area (Å²) in [6.07, 6.45) is 0.702. The van der Waals surface area contributed by atoms with E-state index in [1.165, 1.54) is 6.07 Å². The van der Waals surface area contributed by atoms with Gasteiger partial charge in [-0.2, -0.15) is 0 Å². The standard InChI is InChI=1S/C19H21FN4O/c20-17-10-15(6-7-16(17)13-11-21-22-12-13)24-9-8-18(19(24)25)23-14-4-2-1-3-5-14/h1-7,10,13,18,21-23H,8-9,11-12H2. The molecule has 2 aliphatic rings. The smallest absolute Gasteiger partial charge is 0.249 e. The maximum atomic E-state index is 14.5. The second-order valence-electron chi connectivity index (χ2n) is 6.51. The summed E-state index contributed by atoms with van der Waals surface area (Å²) in [5.74, 6) is -0.142. The van der Waals surface area contributed by atoms with Gasteiger partial charge in [0.15, 0.2) is 0 Å². The fourth-order valence-electron chi connectivity index (χ4n) is 3.50. The zero-order valence-corrected chi connectivity index (χ0v) is 13.8. The van der Waals surface area contributed by atoms with Gasteiger partial charge in [-0.05, 0) is 36.2 Å². The third-order valence-electron chi connectivity index (χ3n) is 4.88. The molecule has 2 aliphatic heterocycles. The molecular formula is C19H21FN4O. The predicted molar refractivity (Wildman–Crippen MR) is 96.0 cm³/mol. The van der Waals surface area contributed by atoms with Gasteiger partial charge in [-0.1, -0.05) is 24.3 Å². The average Bonchev–Trinajstić information content (AvgIpc) is 3.27. The molecule has 0 aromatic heterocycles. The van der Waals surface area contributed by atoms with Gasteiger partial charge in [-0.25, -0.2) is 4.39 Å². The largest absolute Gasteiger partial charge is 0.374 e. The first-order chi connectivity index (χ1) is 12.2. The van der Waals surface area contributed by atoms with Crippen LogP contribution >= 0.6 is 0 Å². The third-order valence-corrected chi connectivity index (χ3v) is 4.88. The van der Waals surface area contributed by atoms with Crippen LogP contribution in [0.1, 0.15) is 17.9 Å². The van der Waals surface area contributed by atoms with Crippen LogP contribution in [0.5, 0.6) is 0 Å². The van der Waals surface area contributed by atoms with Gasteiger partial charge >= 0.3 is 0 Å². The number of carbonyl (C=O) groups is 1. The van der Waals surface area contributed by atoms with E-state index >= 15 is 0 Å². The molecule has 2 fully saturated rings. The molecule has 2 heterocycles. The lowest BCUT2D eigenvalue weighted by Crippen LogP contribution is -2.33. The van der Waals surface area contributed by atoms with Crippen molar-refractivity contribution in [3.8, 4) is 0 Å². The van der Waals surface area contributed by atoms with E-state index in [4.69, 9.17) is 0 Å². The Bertz CT molecular complexity index is 761. The van der Waals surface area contributed by atoms with Gasteiger partial charge in [-0.15, -0.1) is 0 Å². The molecule has 0 bridgehead atoms. The second-order valence-corrected chi connectivity index (χ2v) is 6.51. The molecule has 130 valence electrons. The molecule has 1 atom stereocenters. The Labute approximate surface area is 146 Å². The van der Waals surface area contributed by atoms with Crippen LogP contribution in [0.4, 0.5) is 15.8 Å². The molecule has 0 aliphatic carbocycles.